The molecule has 0 radical (unpaired) electrons. The van der Waals surface area contributed by atoms with Crippen LogP contribution in [0, 0.1) is 11.3 Å². The molecule has 0 aromatic heterocycles. The Morgan fingerprint density at radius 1 is 0.920 bits per heavy atom. The van der Waals surface area contributed by atoms with Gasteiger partial charge in [-0.3, -0.25) is 0 Å². The van der Waals surface area contributed by atoms with Gasteiger partial charge >= 0.3 is 159 Å². The van der Waals surface area contributed by atoms with Crippen LogP contribution in [0.25, 0.3) is 0 Å². The van der Waals surface area contributed by atoms with Gasteiger partial charge in [-0.1, -0.05) is 0 Å². The second kappa shape index (κ2) is 7.66. The van der Waals surface area contributed by atoms with Crippen molar-refractivity contribution in [2.45, 2.75) is 56.9 Å². The number of hydrogen-bond donors (Lipinski definition) is 1. The Labute approximate surface area is 159 Å². The molecule has 1 N–H and O–H groups in total. The fourth-order valence-corrected chi connectivity index (χ4v) is 6.80. The van der Waals surface area contributed by atoms with E-state index in [1.165, 1.54) is 10.0 Å². The summed E-state index contributed by atoms with van der Waals surface area (Å²) in [6, 6.07) is 21.4. The maximum absolute atomic E-state index is 11.6. The van der Waals surface area contributed by atoms with Gasteiger partial charge in [0.25, 0.3) is 0 Å². The fourth-order valence-electron chi connectivity index (χ4n) is 4.00. The van der Waals surface area contributed by atoms with E-state index >= 15 is 0 Å². The molecule has 0 heterocycles. The molecule has 0 amide bonds. The van der Waals surface area contributed by atoms with E-state index in [9.17, 15) is 5.11 Å². The maximum atomic E-state index is 11.6. The molecular weight excluding hydrogens is 371 g/mol. The number of rotatable bonds is 4. The molecule has 0 saturated heterocycles. The van der Waals surface area contributed by atoms with Crippen LogP contribution in [0.4, 0.5) is 0 Å². The van der Waals surface area contributed by atoms with Gasteiger partial charge < -0.3 is 0 Å². The molecule has 1 nitrogen and oxygen atoms in total. The zero-order valence-corrected chi connectivity index (χ0v) is 17.3. The van der Waals surface area contributed by atoms with Crippen molar-refractivity contribution >= 4 is 19.4 Å². The quantitative estimate of drug-likeness (QED) is 0.735. The average molecular weight is 401 g/mol. The van der Waals surface area contributed by atoms with E-state index in [2.05, 4.69) is 81.4 Å². The summed E-state index contributed by atoms with van der Waals surface area (Å²) in [5.74, 6) is 0.716. The van der Waals surface area contributed by atoms with Gasteiger partial charge in [0, 0.05) is 0 Å². The van der Waals surface area contributed by atoms with Gasteiger partial charge in [-0.25, -0.2) is 0 Å². The monoisotopic (exact) mass is 402 g/mol. The first-order chi connectivity index (χ1) is 11.9. The van der Waals surface area contributed by atoms with Gasteiger partial charge in [0.15, 0.2) is 0 Å². The molecule has 1 aliphatic rings. The van der Waals surface area contributed by atoms with Gasteiger partial charge in [-0.15, -0.1) is 0 Å². The van der Waals surface area contributed by atoms with Gasteiger partial charge in [0.05, 0.1) is 0 Å². The molecule has 2 aromatic rings. The van der Waals surface area contributed by atoms with Crippen LogP contribution >= 0.6 is 0 Å². The van der Waals surface area contributed by atoms with Crippen molar-refractivity contribution in [3.63, 3.8) is 0 Å². The van der Waals surface area contributed by atoms with Crippen LogP contribution in [0.3, 0.4) is 0 Å². The van der Waals surface area contributed by atoms with Crippen molar-refractivity contribution in [2.75, 3.05) is 0 Å². The van der Waals surface area contributed by atoms with Crippen molar-refractivity contribution in [3.8, 4) is 0 Å². The summed E-state index contributed by atoms with van der Waals surface area (Å²) in [6.07, 6.45) is 4.11. The fraction of sp³-hybridized carbons (Fsp3) is 0.478. The number of benzene rings is 2. The molecule has 3 rings (SSSR count). The van der Waals surface area contributed by atoms with E-state index in [1.54, 1.807) is 0 Å². The Morgan fingerprint density at radius 3 is 1.96 bits per heavy atom. The van der Waals surface area contributed by atoms with E-state index in [1.807, 2.05) is 0 Å². The summed E-state index contributed by atoms with van der Waals surface area (Å²) < 4.78 is 1.37. The van der Waals surface area contributed by atoms with Crippen LogP contribution in [0.2, 0.25) is 0 Å². The van der Waals surface area contributed by atoms with Crippen LogP contribution in [0.1, 0.15) is 56.8 Å². The zero-order valence-electron chi connectivity index (χ0n) is 15.6. The Hall–Kier alpha value is -1.08. The molecule has 2 aromatic carbocycles. The van der Waals surface area contributed by atoms with Gasteiger partial charge in [-0.2, -0.15) is 0 Å². The Morgan fingerprint density at radius 2 is 1.44 bits per heavy atom. The summed E-state index contributed by atoms with van der Waals surface area (Å²) in [5, 5.41) is 11.6. The van der Waals surface area contributed by atoms with Crippen molar-refractivity contribution in [1.82, 2.24) is 0 Å². The predicted octanol–water partition coefficient (Wildman–Crippen LogP) is 4.72. The molecule has 0 bridgehead atoms. The topological polar surface area (TPSA) is 20.2 Å². The molecular formula is C23H30OSe. The van der Waals surface area contributed by atoms with Gasteiger partial charge in [-0.05, 0) is 0 Å². The number of aliphatic hydroxyl groups is 1. The summed E-state index contributed by atoms with van der Waals surface area (Å²) in [4.78, 5) is 0.226. The summed E-state index contributed by atoms with van der Waals surface area (Å²) in [5.41, 5.74) is 1.07. The average Bonchev–Trinajstić information content (AvgIpc) is 2.61. The molecule has 2 heteroatoms. The van der Waals surface area contributed by atoms with Gasteiger partial charge in [0.1, 0.15) is 0 Å². The third-order valence-electron chi connectivity index (χ3n) is 5.66. The summed E-state index contributed by atoms with van der Waals surface area (Å²) >= 11 is 0.228. The van der Waals surface area contributed by atoms with E-state index in [0.717, 1.165) is 25.7 Å². The molecule has 1 saturated carbocycles. The molecule has 134 valence electrons. The third kappa shape index (κ3) is 4.56. The SMILES string of the molecule is CC(C)(C)C1CCC(O)([C@@H]([Se]c2ccccc2)c2ccccc2)CC1. The molecule has 1 aliphatic carbocycles. The summed E-state index contributed by atoms with van der Waals surface area (Å²) in [7, 11) is 0. The molecule has 0 aliphatic heterocycles. The minimum absolute atomic E-state index is 0.226. The molecule has 25 heavy (non-hydrogen) atoms. The van der Waals surface area contributed by atoms with Crippen LogP contribution < -0.4 is 4.46 Å². The van der Waals surface area contributed by atoms with Crippen LogP contribution in [-0.4, -0.2) is 25.7 Å². The molecule has 0 unspecified atom stereocenters. The van der Waals surface area contributed by atoms with Crippen LogP contribution in [-0.2, 0) is 0 Å². The van der Waals surface area contributed by atoms with E-state index in [0.29, 0.717) is 11.3 Å². The van der Waals surface area contributed by atoms with Crippen molar-refractivity contribution < 1.29 is 5.11 Å². The first-order valence-electron chi connectivity index (χ1n) is 9.37. The second-order valence-electron chi connectivity index (χ2n) is 8.47. The standard InChI is InChI=1S/C23H30OSe/c1-22(2,3)19-14-16-23(24,17-15-19)21(18-10-6-4-7-11-18)25-20-12-8-5-9-13-20/h4-13,19,21,24H,14-17H2,1-3H3/t19?,21-,23?/m0/s1. The zero-order chi connectivity index (χ0) is 17.9. The third-order valence-corrected chi connectivity index (χ3v) is 8.79. The van der Waals surface area contributed by atoms with Crippen LogP contribution in [0.5, 0.6) is 0 Å². The van der Waals surface area contributed by atoms with Crippen LogP contribution in [0.15, 0.2) is 60.7 Å². The Balaban J connectivity index is 1.84. The van der Waals surface area contributed by atoms with Crippen molar-refractivity contribution in [3.05, 3.63) is 66.2 Å². The van der Waals surface area contributed by atoms with Crippen molar-refractivity contribution in [1.29, 1.82) is 0 Å². The van der Waals surface area contributed by atoms with Crippen molar-refractivity contribution in [2.24, 2.45) is 11.3 Å². The molecule has 1 atom stereocenters. The number of hydrogen-bond acceptors (Lipinski definition) is 1. The predicted molar refractivity (Wildman–Crippen MR) is 107 cm³/mol. The van der Waals surface area contributed by atoms with E-state index in [4.69, 9.17) is 0 Å². The molecule has 0 spiro atoms. The Kier molecular flexibility index (Phi) is 5.73. The normalized spacial score (nSPS) is 25.5. The first-order valence-corrected chi connectivity index (χ1v) is 11.2. The van der Waals surface area contributed by atoms with Gasteiger partial charge in [0.2, 0.25) is 0 Å². The van der Waals surface area contributed by atoms with E-state index < -0.39 is 5.60 Å². The summed E-state index contributed by atoms with van der Waals surface area (Å²) in [6.45, 7) is 7.01. The first kappa shape index (κ1) is 18.7. The van der Waals surface area contributed by atoms with E-state index in [-0.39, 0.29) is 19.8 Å². The minimum atomic E-state index is -0.570. The molecule has 1 fully saturated rings. The second-order valence-corrected chi connectivity index (χ2v) is 10.9. The Bertz CT molecular complexity index is 651.